The lowest BCUT2D eigenvalue weighted by atomic mass is 9.88. The normalized spacial score (nSPS) is 44.0. The van der Waals surface area contributed by atoms with Gasteiger partial charge in [0.2, 0.25) is 11.6 Å². The summed E-state index contributed by atoms with van der Waals surface area (Å²) < 4.78 is 5.97. The van der Waals surface area contributed by atoms with Crippen molar-refractivity contribution in [3.05, 3.63) is 24.8 Å². The molecule has 6 heteroatoms. The Morgan fingerprint density at radius 1 is 1.33 bits per heavy atom. The van der Waals surface area contributed by atoms with E-state index in [1.54, 1.807) is 26.8 Å². The molecule has 4 atom stereocenters. The topological polar surface area (TPSA) is 77.4 Å². The summed E-state index contributed by atoms with van der Waals surface area (Å²) in [6, 6.07) is 0. The first-order chi connectivity index (χ1) is 9.60. The minimum absolute atomic E-state index is 0.461. The fraction of sp³-hybridized carbons (Fsp3) is 0.733. The lowest BCUT2D eigenvalue weighted by molar-refractivity contribution is -0.418. The van der Waals surface area contributed by atoms with Crippen LogP contribution in [0.15, 0.2) is 24.8 Å². The first-order valence-electron chi connectivity index (χ1n) is 7.06. The number of aliphatic hydroxyl groups is 1. The van der Waals surface area contributed by atoms with E-state index >= 15 is 0 Å². The molecule has 21 heavy (non-hydrogen) atoms. The number of hydrogen-bond acceptors (Lipinski definition) is 6. The Bertz CT molecular complexity index is 447. The van der Waals surface area contributed by atoms with Crippen LogP contribution in [0.1, 0.15) is 40.5 Å². The Kier molecular flexibility index (Phi) is 4.08. The third-order valence-corrected chi connectivity index (χ3v) is 4.36. The van der Waals surface area contributed by atoms with Crippen LogP contribution in [-0.2, 0) is 19.4 Å². The van der Waals surface area contributed by atoms with Gasteiger partial charge in [0.05, 0.1) is 11.5 Å². The Hall–Kier alpha value is -0.760. The van der Waals surface area contributed by atoms with Crippen molar-refractivity contribution in [2.75, 3.05) is 0 Å². The summed E-state index contributed by atoms with van der Waals surface area (Å²) in [7, 11) is 0. The largest absolute Gasteiger partial charge is 0.360 e. The number of hydrogen-bond donors (Lipinski definition) is 2. The summed E-state index contributed by atoms with van der Waals surface area (Å²) in [5, 5.41) is 19.4. The van der Waals surface area contributed by atoms with Crippen LogP contribution in [0.25, 0.3) is 0 Å². The van der Waals surface area contributed by atoms with Gasteiger partial charge in [0, 0.05) is 6.42 Å². The van der Waals surface area contributed by atoms with Crippen LogP contribution in [0.3, 0.4) is 0 Å². The predicted octanol–water partition coefficient (Wildman–Crippen LogP) is 2.55. The molecule has 2 aliphatic rings. The van der Waals surface area contributed by atoms with E-state index in [1.807, 2.05) is 6.92 Å². The number of rotatable bonds is 4. The van der Waals surface area contributed by atoms with Crippen molar-refractivity contribution in [1.82, 2.24) is 0 Å². The molecule has 0 aromatic carbocycles. The van der Waals surface area contributed by atoms with Crippen molar-refractivity contribution in [3.8, 4) is 0 Å². The Labute approximate surface area is 124 Å². The molecule has 0 aromatic rings. The van der Waals surface area contributed by atoms with E-state index in [9.17, 15) is 5.11 Å². The van der Waals surface area contributed by atoms with Crippen LogP contribution in [0.4, 0.5) is 0 Å². The molecule has 2 aliphatic heterocycles. The van der Waals surface area contributed by atoms with E-state index < -0.39 is 28.7 Å². The van der Waals surface area contributed by atoms with E-state index in [-0.39, 0.29) is 0 Å². The van der Waals surface area contributed by atoms with Crippen LogP contribution in [0.5, 0.6) is 0 Å². The smallest absolute Gasteiger partial charge is 0.226 e. The molecular weight excluding hydrogens is 276 g/mol. The van der Waals surface area contributed by atoms with Gasteiger partial charge in [-0.25, -0.2) is 4.89 Å². The van der Waals surface area contributed by atoms with Gasteiger partial charge in [0.1, 0.15) is 5.60 Å². The molecule has 0 aliphatic carbocycles. The van der Waals surface area contributed by atoms with Crippen molar-refractivity contribution in [1.29, 1.82) is 0 Å². The van der Waals surface area contributed by atoms with Gasteiger partial charge in [-0.3, -0.25) is 5.26 Å². The van der Waals surface area contributed by atoms with Crippen molar-refractivity contribution in [2.24, 2.45) is 5.92 Å². The average Bonchev–Trinajstić information content (AvgIpc) is 2.92. The molecule has 2 fully saturated rings. The molecule has 6 nitrogen and oxygen atoms in total. The van der Waals surface area contributed by atoms with Crippen LogP contribution < -0.4 is 0 Å². The third-order valence-electron chi connectivity index (χ3n) is 4.36. The van der Waals surface area contributed by atoms with E-state index in [1.165, 1.54) is 12.2 Å². The van der Waals surface area contributed by atoms with Crippen LogP contribution in [0.2, 0.25) is 0 Å². The summed E-state index contributed by atoms with van der Waals surface area (Å²) >= 11 is 0. The van der Waals surface area contributed by atoms with Crippen LogP contribution >= 0.6 is 0 Å². The molecule has 0 radical (unpaired) electrons. The van der Waals surface area contributed by atoms with Gasteiger partial charge >= 0.3 is 0 Å². The average molecular weight is 300 g/mol. The van der Waals surface area contributed by atoms with E-state index in [0.717, 1.165) is 6.42 Å². The zero-order chi connectivity index (χ0) is 15.9. The Morgan fingerprint density at radius 2 is 2.00 bits per heavy atom. The highest BCUT2D eigenvalue weighted by atomic mass is 17.3. The monoisotopic (exact) mass is 300 g/mol. The summed E-state index contributed by atoms with van der Waals surface area (Å²) in [5.41, 5.74) is -1.44. The van der Waals surface area contributed by atoms with E-state index in [0.29, 0.717) is 6.42 Å². The van der Waals surface area contributed by atoms with Crippen molar-refractivity contribution in [2.45, 2.75) is 63.3 Å². The third kappa shape index (κ3) is 2.92. The highest BCUT2D eigenvalue weighted by molar-refractivity contribution is 5.11. The van der Waals surface area contributed by atoms with Gasteiger partial charge in [0.15, 0.2) is 0 Å². The highest BCUT2D eigenvalue weighted by Gasteiger charge is 2.63. The molecule has 2 rings (SSSR count). The fourth-order valence-electron chi connectivity index (χ4n) is 2.55. The maximum Gasteiger partial charge on any atom is 0.226 e. The van der Waals surface area contributed by atoms with Gasteiger partial charge in [0.25, 0.3) is 0 Å². The van der Waals surface area contributed by atoms with E-state index in [2.05, 4.69) is 11.5 Å². The zero-order valence-electron chi connectivity index (χ0n) is 13.0. The molecule has 0 amide bonds. The quantitative estimate of drug-likeness (QED) is 0.472. The first kappa shape index (κ1) is 16.6. The minimum atomic E-state index is -1.65. The molecule has 4 unspecified atom stereocenters. The summed E-state index contributed by atoms with van der Waals surface area (Å²) in [5.74, 6) is -3.12. The maximum absolute atomic E-state index is 10.6. The minimum Gasteiger partial charge on any atom is -0.360 e. The number of ether oxygens (including phenoxy) is 1. The van der Waals surface area contributed by atoms with E-state index in [4.69, 9.17) is 19.8 Å². The lowest BCUT2D eigenvalue weighted by Crippen LogP contribution is -2.43. The van der Waals surface area contributed by atoms with Gasteiger partial charge in [-0.15, -0.1) is 6.58 Å². The van der Waals surface area contributed by atoms with Crippen LogP contribution in [0, 0.1) is 5.92 Å². The van der Waals surface area contributed by atoms with Crippen molar-refractivity contribution in [3.63, 3.8) is 0 Å². The van der Waals surface area contributed by atoms with Gasteiger partial charge < -0.3 is 9.84 Å². The highest BCUT2D eigenvalue weighted by Crippen LogP contribution is 2.52. The molecule has 2 saturated heterocycles. The van der Waals surface area contributed by atoms with Gasteiger partial charge in [-0.05, 0) is 39.3 Å². The lowest BCUT2D eigenvalue weighted by Gasteiger charge is -2.30. The van der Waals surface area contributed by atoms with Gasteiger partial charge in [-0.1, -0.05) is 13.0 Å². The summed E-state index contributed by atoms with van der Waals surface area (Å²) in [4.78, 5) is 14.8. The van der Waals surface area contributed by atoms with Gasteiger partial charge in [-0.2, -0.15) is 9.78 Å². The standard InChI is InChI=1S/C15H24O6/c1-6-13(5)8-10-15(18-13)11(2)14(16,20-21-15)9-7-12(3,4)19-17/h6-7,9,11,16-17H,1,8,10H2,2-5H3/b9-7+. The molecule has 2 heterocycles. The molecule has 2 N–H and O–H groups in total. The Morgan fingerprint density at radius 3 is 2.52 bits per heavy atom. The summed E-state index contributed by atoms with van der Waals surface area (Å²) in [6.45, 7) is 10.8. The molecule has 120 valence electrons. The second kappa shape index (κ2) is 5.15. The summed E-state index contributed by atoms with van der Waals surface area (Å²) in [6.07, 6.45) is 5.97. The van der Waals surface area contributed by atoms with Crippen molar-refractivity contribution < 1.29 is 29.8 Å². The second-order valence-electron chi connectivity index (χ2n) is 6.60. The molecular formula is C15H24O6. The molecule has 0 bridgehead atoms. The van der Waals surface area contributed by atoms with Crippen molar-refractivity contribution >= 4 is 0 Å². The predicted molar refractivity (Wildman–Crippen MR) is 74.9 cm³/mol. The molecule has 0 aromatic heterocycles. The molecule has 0 saturated carbocycles. The fourth-order valence-corrected chi connectivity index (χ4v) is 2.55. The van der Waals surface area contributed by atoms with Crippen LogP contribution in [-0.4, -0.2) is 33.1 Å². The maximum atomic E-state index is 10.6. The zero-order valence-corrected chi connectivity index (χ0v) is 13.0. The first-order valence-corrected chi connectivity index (χ1v) is 7.06. The molecule has 1 spiro atoms. The SMILES string of the molecule is C=CC1(C)CCC2(OOC(O)(/C=C/C(C)(C)OO)C2C)O1. The second-order valence-corrected chi connectivity index (χ2v) is 6.60. The Balaban J connectivity index is 2.18.